The zero-order valence-corrected chi connectivity index (χ0v) is 17.0. The third-order valence-corrected chi connectivity index (χ3v) is 3.38. The van der Waals surface area contributed by atoms with Crippen molar-refractivity contribution in [2.45, 2.75) is 33.1 Å². The minimum atomic E-state index is -1.30. The van der Waals surface area contributed by atoms with Crippen LogP contribution in [0.5, 0.6) is 0 Å². The summed E-state index contributed by atoms with van der Waals surface area (Å²) < 4.78 is 5.00. The highest BCUT2D eigenvalue weighted by Crippen LogP contribution is 2.07. The fourth-order valence-electron chi connectivity index (χ4n) is 1.98. The number of amides is 4. The summed E-state index contributed by atoms with van der Waals surface area (Å²) in [6.45, 7) is 2.60. The van der Waals surface area contributed by atoms with Gasteiger partial charge in [0.25, 0.3) is 0 Å². The lowest BCUT2D eigenvalue weighted by molar-refractivity contribution is -0.140. The Kier molecular flexibility index (Phi) is 13.7. The zero-order valence-electron chi connectivity index (χ0n) is 17.0. The molecule has 0 saturated heterocycles. The third kappa shape index (κ3) is 15.6. The van der Waals surface area contributed by atoms with Gasteiger partial charge in [0, 0.05) is 38.6 Å². The van der Waals surface area contributed by atoms with Crippen LogP contribution in [0.2, 0.25) is 0 Å². The quantitative estimate of drug-likeness (QED) is 0.122. The molecule has 0 heterocycles. The van der Waals surface area contributed by atoms with Crippen LogP contribution < -0.4 is 21.3 Å². The van der Waals surface area contributed by atoms with Crippen LogP contribution in [0.3, 0.4) is 0 Å². The van der Waals surface area contributed by atoms with Gasteiger partial charge in [-0.3, -0.25) is 19.2 Å². The van der Waals surface area contributed by atoms with Crippen LogP contribution in [-0.2, 0) is 33.5 Å². The maximum Gasteiger partial charge on any atom is 0.334 e. The monoisotopic (exact) mass is 428 g/mol. The van der Waals surface area contributed by atoms with Crippen LogP contribution in [0.1, 0.15) is 33.1 Å². The molecule has 0 spiro atoms. The Hall–Kier alpha value is -3.44. The Morgan fingerprint density at radius 1 is 0.800 bits per heavy atom. The third-order valence-electron chi connectivity index (χ3n) is 3.38. The van der Waals surface area contributed by atoms with Crippen molar-refractivity contribution in [2.75, 3.05) is 32.8 Å². The van der Waals surface area contributed by atoms with Gasteiger partial charge in [0.05, 0.1) is 19.7 Å². The number of nitrogens with one attached hydrogen (secondary N) is 4. The van der Waals surface area contributed by atoms with E-state index in [4.69, 9.17) is 9.84 Å². The Bertz CT molecular complexity index is 675. The predicted molar refractivity (Wildman–Crippen MR) is 104 cm³/mol. The van der Waals surface area contributed by atoms with Gasteiger partial charge in [0.2, 0.25) is 23.6 Å². The molecule has 0 rings (SSSR count). The first kappa shape index (κ1) is 26.6. The minimum Gasteiger partial charge on any atom is -0.478 e. The van der Waals surface area contributed by atoms with E-state index in [-0.39, 0.29) is 62.5 Å². The van der Waals surface area contributed by atoms with Gasteiger partial charge < -0.3 is 31.1 Å². The lowest BCUT2D eigenvalue weighted by atomic mass is 10.1. The van der Waals surface area contributed by atoms with E-state index < -0.39 is 17.8 Å². The summed E-state index contributed by atoms with van der Waals surface area (Å²) in [5, 5.41) is 18.6. The van der Waals surface area contributed by atoms with Crippen LogP contribution in [0.15, 0.2) is 11.6 Å². The molecule has 0 aromatic rings. The van der Waals surface area contributed by atoms with E-state index in [2.05, 4.69) is 21.3 Å². The molecule has 0 bridgehead atoms. The molecule has 0 radical (unpaired) electrons. The van der Waals surface area contributed by atoms with Crippen LogP contribution in [0, 0.1) is 0 Å². The fourth-order valence-corrected chi connectivity index (χ4v) is 1.98. The molecule has 0 aliphatic rings. The molecule has 4 amide bonds. The molecule has 168 valence electrons. The van der Waals surface area contributed by atoms with Crippen molar-refractivity contribution in [1.29, 1.82) is 0 Å². The van der Waals surface area contributed by atoms with Gasteiger partial charge in [0.1, 0.15) is 0 Å². The number of carbonyl (C=O) groups is 6. The molecule has 12 nitrogen and oxygen atoms in total. The van der Waals surface area contributed by atoms with Crippen LogP contribution in [-0.4, -0.2) is 73.5 Å². The Morgan fingerprint density at radius 2 is 1.30 bits per heavy atom. The van der Waals surface area contributed by atoms with Crippen molar-refractivity contribution in [3.05, 3.63) is 11.6 Å². The van der Waals surface area contributed by atoms with Gasteiger partial charge >= 0.3 is 11.9 Å². The maximum atomic E-state index is 12.0. The van der Waals surface area contributed by atoms with Gasteiger partial charge in [-0.2, -0.15) is 0 Å². The highest BCUT2D eigenvalue weighted by Gasteiger charge is 2.13. The summed E-state index contributed by atoms with van der Waals surface area (Å²) in [4.78, 5) is 67.2. The van der Waals surface area contributed by atoms with Gasteiger partial charge in [-0.15, -0.1) is 0 Å². The van der Waals surface area contributed by atoms with Crippen molar-refractivity contribution in [1.82, 2.24) is 21.3 Å². The number of esters is 1. The Morgan fingerprint density at radius 3 is 1.77 bits per heavy atom. The largest absolute Gasteiger partial charge is 0.478 e. The van der Waals surface area contributed by atoms with E-state index in [0.717, 1.165) is 6.08 Å². The molecule has 0 aromatic heterocycles. The summed E-state index contributed by atoms with van der Waals surface area (Å²) >= 11 is 0. The average Bonchev–Trinajstić information content (AvgIpc) is 2.66. The first-order valence-electron chi connectivity index (χ1n) is 9.24. The summed E-state index contributed by atoms with van der Waals surface area (Å²) in [6, 6.07) is 0. The molecule has 0 atom stereocenters. The van der Waals surface area contributed by atoms with Crippen molar-refractivity contribution >= 4 is 35.6 Å². The van der Waals surface area contributed by atoms with E-state index >= 15 is 0 Å². The zero-order chi connectivity index (χ0) is 22.9. The van der Waals surface area contributed by atoms with Gasteiger partial charge in [-0.25, -0.2) is 9.59 Å². The lowest BCUT2D eigenvalue weighted by Crippen LogP contribution is -2.36. The molecule has 0 fully saturated rings. The second kappa shape index (κ2) is 15.5. The van der Waals surface area contributed by atoms with E-state index in [9.17, 15) is 28.8 Å². The minimum absolute atomic E-state index is 0.0380. The van der Waals surface area contributed by atoms with E-state index in [0.29, 0.717) is 12.8 Å². The van der Waals surface area contributed by atoms with Gasteiger partial charge in [0.15, 0.2) is 0 Å². The number of carbonyl (C=O) groups excluding carboxylic acids is 5. The summed E-state index contributed by atoms with van der Waals surface area (Å²) in [5.74, 6) is -3.56. The molecule has 5 N–H and O–H groups in total. The van der Waals surface area contributed by atoms with E-state index in [1.54, 1.807) is 0 Å². The Labute approximate surface area is 173 Å². The maximum absolute atomic E-state index is 12.0. The van der Waals surface area contributed by atoms with Gasteiger partial charge in [-0.05, 0) is 19.3 Å². The summed E-state index contributed by atoms with van der Waals surface area (Å²) in [5.41, 5.74) is -0.0618. The second-order valence-electron chi connectivity index (χ2n) is 6.12. The van der Waals surface area contributed by atoms with Crippen molar-refractivity contribution < 1.29 is 38.6 Å². The number of hydrogen-bond acceptors (Lipinski definition) is 7. The van der Waals surface area contributed by atoms with Crippen molar-refractivity contribution in [3.8, 4) is 0 Å². The SMILES string of the molecule is CC(=O)NCC(=O)NCCCOC(=O)C(=CC(=O)O)CCCNC(=O)CNC(C)=O. The number of ether oxygens (including phenoxy) is 1. The first-order chi connectivity index (χ1) is 14.1. The second-order valence-corrected chi connectivity index (χ2v) is 6.12. The average molecular weight is 428 g/mol. The molecular weight excluding hydrogens is 400 g/mol. The van der Waals surface area contributed by atoms with E-state index in [1.165, 1.54) is 13.8 Å². The molecule has 0 unspecified atom stereocenters. The smallest absolute Gasteiger partial charge is 0.334 e. The van der Waals surface area contributed by atoms with Crippen LogP contribution in [0.4, 0.5) is 0 Å². The number of carboxylic acids is 1. The van der Waals surface area contributed by atoms with Crippen LogP contribution in [0.25, 0.3) is 0 Å². The highest BCUT2D eigenvalue weighted by atomic mass is 16.5. The summed E-state index contributed by atoms with van der Waals surface area (Å²) in [7, 11) is 0. The number of hydrogen-bond donors (Lipinski definition) is 5. The topological polar surface area (TPSA) is 180 Å². The van der Waals surface area contributed by atoms with Crippen LogP contribution >= 0.6 is 0 Å². The molecular formula is C18H28N4O8. The van der Waals surface area contributed by atoms with E-state index in [1.807, 2.05) is 0 Å². The Balaban J connectivity index is 4.19. The predicted octanol–water partition coefficient (Wildman–Crippen LogP) is -1.78. The molecule has 30 heavy (non-hydrogen) atoms. The standard InChI is InChI=1S/C18H28N4O8/c1-12(23)21-10-15(25)19-6-3-5-14(9-17(27)28)18(29)30-8-4-7-20-16(26)11-22-13(2)24/h9H,3-8,10-11H2,1-2H3,(H,19,25)(H,20,26)(H,21,23)(H,22,24)(H,27,28). The number of carboxylic acid groups (broad SMARTS) is 1. The number of aliphatic carboxylic acids is 1. The normalized spacial score (nSPS) is 10.5. The molecule has 0 aliphatic carbocycles. The number of rotatable bonds is 14. The molecule has 0 saturated carbocycles. The highest BCUT2D eigenvalue weighted by molar-refractivity contribution is 5.95. The van der Waals surface area contributed by atoms with Crippen molar-refractivity contribution in [3.63, 3.8) is 0 Å². The van der Waals surface area contributed by atoms with Crippen molar-refractivity contribution in [2.24, 2.45) is 0 Å². The molecule has 12 heteroatoms. The first-order valence-corrected chi connectivity index (χ1v) is 9.24. The summed E-state index contributed by atoms with van der Waals surface area (Å²) in [6.07, 6.45) is 1.41. The fraction of sp³-hybridized carbons (Fsp3) is 0.556. The lowest BCUT2D eigenvalue weighted by Gasteiger charge is -2.10. The van der Waals surface area contributed by atoms with Gasteiger partial charge in [-0.1, -0.05) is 0 Å². The molecule has 0 aliphatic heterocycles. The molecule has 0 aromatic carbocycles.